The molecule has 0 unspecified atom stereocenters. The molecule has 0 atom stereocenters. The molecule has 0 aliphatic carbocycles. The zero-order valence-corrected chi connectivity index (χ0v) is 13.6. The van der Waals surface area contributed by atoms with E-state index in [1.807, 2.05) is 6.92 Å². The molecular weight excluding hydrogens is 341 g/mol. The van der Waals surface area contributed by atoms with Crippen molar-refractivity contribution in [2.75, 3.05) is 12.0 Å². The van der Waals surface area contributed by atoms with Crippen LogP contribution in [0.25, 0.3) is 0 Å². The molecule has 1 N–H and O–H groups in total. The van der Waals surface area contributed by atoms with Gasteiger partial charge in [-0.05, 0) is 36.8 Å². The van der Waals surface area contributed by atoms with Gasteiger partial charge in [0.15, 0.2) is 5.75 Å². The molecule has 0 bridgehead atoms. The van der Waals surface area contributed by atoms with E-state index in [-0.39, 0.29) is 5.69 Å². The molecule has 0 aliphatic heterocycles. The fourth-order valence-electron chi connectivity index (χ4n) is 1.78. The van der Waals surface area contributed by atoms with E-state index in [1.165, 1.54) is 18.3 Å². The normalized spacial score (nSPS) is 10.7. The molecule has 0 saturated heterocycles. The molecule has 0 saturated carbocycles. The Morgan fingerprint density at radius 3 is 2.39 bits per heavy atom. The highest BCUT2D eigenvalue weighted by molar-refractivity contribution is 6.37. The fraction of sp³-hybridized carbons (Fsp3) is 0.133. The third-order valence-electron chi connectivity index (χ3n) is 2.79. The van der Waals surface area contributed by atoms with E-state index < -0.39 is 4.92 Å². The number of hydrogen-bond donors (Lipinski definition) is 1. The number of ether oxygens (including phenoxy) is 1. The molecule has 0 amide bonds. The Labute approximate surface area is 142 Å². The number of halogens is 2. The third kappa shape index (κ3) is 4.58. The zero-order valence-electron chi connectivity index (χ0n) is 12.1. The Hall–Kier alpha value is -2.31. The van der Waals surface area contributed by atoms with Crippen LogP contribution < -0.4 is 10.2 Å². The second kappa shape index (κ2) is 7.80. The number of non-ortho nitro benzene ring substituents is 1. The van der Waals surface area contributed by atoms with Gasteiger partial charge in [0.2, 0.25) is 0 Å². The minimum atomic E-state index is -0.461. The fourth-order valence-corrected chi connectivity index (χ4v) is 2.39. The van der Waals surface area contributed by atoms with E-state index in [1.54, 1.807) is 24.3 Å². The molecule has 0 heterocycles. The van der Waals surface area contributed by atoms with Crippen molar-refractivity contribution < 1.29 is 9.66 Å². The smallest absolute Gasteiger partial charge is 0.269 e. The molecule has 2 rings (SSSR count). The molecule has 0 aromatic heterocycles. The van der Waals surface area contributed by atoms with Crippen molar-refractivity contribution >= 4 is 40.8 Å². The second-order valence-electron chi connectivity index (χ2n) is 4.42. The first-order valence-electron chi connectivity index (χ1n) is 6.66. The van der Waals surface area contributed by atoms with Crippen LogP contribution in [0.3, 0.4) is 0 Å². The molecule has 23 heavy (non-hydrogen) atoms. The summed E-state index contributed by atoms with van der Waals surface area (Å²) in [6.07, 6.45) is 1.54. The molecule has 6 nitrogen and oxygen atoms in total. The van der Waals surface area contributed by atoms with Gasteiger partial charge < -0.3 is 4.74 Å². The van der Waals surface area contributed by atoms with Crippen molar-refractivity contribution in [2.24, 2.45) is 5.10 Å². The number of benzene rings is 2. The van der Waals surface area contributed by atoms with Crippen LogP contribution in [0, 0.1) is 10.1 Å². The molecule has 0 radical (unpaired) electrons. The summed E-state index contributed by atoms with van der Waals surface area (Å²) < 4.78 is 5.35. The number of nitro groups is 1. The summed E-state index contributed by atoms with van der Waals surface area (Å²) in [7, 11) is 0. The van der Waals surface area contributed by atoms with Crippen molar-refractivity contribution in [3.05, 3.63) is 62.1 Å². The average molecular weight is 354 g/mol. The molecule has 120 valence electrons. The maximum atomic E-state index is 10.6. The number of anilines is 1. The van der Waals surface area contributed by atoms with Gasteiger partial charge >= 0.3 is 0 Å². The monoisotopic (exact) mass is 353 g/mol. The lowest BCUT2D eigenvalue weighted by Crippen LogP contribution is -1.95. The van der Waals surface area contributed by atoms with Gasteiger partial charge in [0, 0.05) is 12.1 Å². The van der Waals surface area contributed by atoms with E-state index >= 15 is 0 Å². The number of nitrogens with zero attached hydrogens (tertiary/aromatic N) is 2. The predicted octanol–water partition coefficient (Wildman–Crippen LogP) is 4.75. The van der Waals surface area contributed by atoms with Crippen molar-refractivity contribution in [3.63, 3.8) is 0 Å². The van der Waals surface area contributed by atoms with Gasteiger partial charge in [-0.2, -0.15) is 5.10 Å². The largest absolute Gasteiger partial charge is 0.491 e. The van der Waals surface area contributed by atoms with Crippen molar-refractivity contribution in [1.29, 1.82) is 0 Å². The van der Waals surface area contributed by atoms with Crippen LogP contribution in [0.1, 0.15) is 12.5 Å². The first-order valence-corrected chi connectivity index (χ1v) is 7.42. The number of hydrogen-bond acceptors (Lipinski definition) is 5. The number of nitro benzene ring substituents is 1. The van der Waals surface area contributed by atoms with Crippen LogP contribution in [0.15, 0.2) is 41.5 Å². The number of hydrazone groups is 1. The van der Waals surface area contributed by atoms with Crippen LogP contribution in [0.2, 0.25) is 10.0 Å². The summed E-state index contributed by atoms with van der Waals surface area (Å²) >= 11 is 12.2. The minimum absolute atomic E-state index is 0.0182. The molecule has 2 aromatic rings. The van der Waals surface area contributed by atoms with Gasteiger partial charge in [0.25, 0.3) is 5.69 Å². The highest BCUT2D eigenvalue weighted by Crippen LogP contribution is 2.33. The lowest BCUT2D eigenvalue weighted by atomic mass is 10.2. The van der Waals surface area contributed by atoms with Crippen molar-refractivity contribution in [2.45, 2.75) is 6.92 Å². The van der Waals surface area contributed by atoms with Gasteiger partial charge in [-0.1, -0.05) is 23.2 Å². The number of nitrogens with one attached hydrogen (secondary N) is 1. The van der Waals surface area contributed by atoms with Crippen LogP contribution >= 0.6 is 23.2 Å². The highest BCUT2D eigenvalue weighted by atomic mass is 35.5. The average Bonchev–Trinajstić information content (AvgIpc) is 2.51. The van der Waals surface area contributed by atoms with Crippen LogP contribution in [-0.4, -0.2) is 17.7 Å². The summed E-state index contributed by atoms with van der Waals surface area (Å²) in [5.41, 5.74) is 4.10. The zero-order chi connectivity index (χ0) is 16.8. The second-order valence-corrected chi connectivity index (χ2v) is 5.24. The topological polar surface area (TPSA) is 76.8 Å². The Balaban J connectivity index is 2.07. The lowest BCUT2D eigenvalue weighted by Gasteiger charge is -2.08. The van der Waals surface area contributed by atoms with Gasteiger partial charge in [-0.25, -0.2) is 0 Å². The predicted molar refractivity (Wildman–Crippen MR) is 91.9 cm³/mol. The summed E-state index contributed by atoms with van der Waals surface area (Å²) in [5, 5.41) is 15.4. The third-order valence-corrected chi connectivity index (χ3v) is 3.36. The van der Waals surface area contributed by atoms with Crippen LogP contribution in [0.5, 0.6) is 5.75 Å². The Kier molecular flexibility index (Phi) is 5.78. The Bertz CT molecular complexity index is 710. The lowest BCUT2D eigenvalue weighted by molar-refractivity contribution is -0.384. The summed E-state index contributed by atoms with van der Waals surface area (Å²) in [6, 6.07) is 9.27. The van der Waals surface area contributed by atoms with Crippen LogP contribution in [-0.2, 0) is 0 Å². The Morgan fingerprint density at radius 1 is 1.26 bits per heavy atom. The molecule has 2 aromatic carbocycles. The van der Waals surface area contributed by atoms with Crippen LogP contribution in [0.4, 0.5) is 11.4 Å². The summed E-state index contributed by atoms with van der Waals surface area (Å²) in [6.45, 7) is 2.31. The molecule has 8 heteroatoms. The van der Waals surface area contributed by atoms with Gasteiger partial charge in [-0.15, -0.1) is 0 Å². The maximum Gasteiger partial charge on any atom is 0.269 e. The van der Waals surface area contributed by atoms with E-state index in [2.05, 4.69) is 10.5 Å². The number of rotatable bonds is 6. The highest BCUT2D eigenvalue weighted by Gasteiger charge is 2.08. The van der Waals surface area contributed by atoms with Gasteiger partial charge in [0.1, 0.15) is 0 Å². The first-order chi connectivity index (χ1) is 11.0. The summed E-state index contributed by atoms with van der Waals surface area (Å²) in [5.74, 6) is 0.441. The van der Waals surface area contributed by atoms with E-state index in [0.29, 0.717) is 33.7 Å². The summed E-state index contributed by atoms with van der Waals surface area (Å²) in [4.78, 5) is 10.1. The standard InChI is InChI=1S/C15H13Cl2N3O3/c1-2-23-15-13(16)7-10(8-14(15)17)9-18-19-11-3-5-12(6-4-11)20(21)22/h3-9,19H,2H2,1H3/b18-9+. The molecule has 0 fully saturated rings. The maximum absolute atomic E-state index is 10.6. The molecule has 0 aliphatic rings. The molecule has 0 spiro atoms. The quantitative estimate of drug-likeness (QED) is 0.462. The van der Waals surface area contributed by atoms with Gasteiger partial charge in [0.05, 0.1) is 33.5 Å². The van der Waals surface area contributed by atoms with Crippen molar-refractivity contribution in [1.82, 2.24) is 0 Å². The van der Waals surface area contributed by atoms with Crippen molar-refractivity contribution in [3.8, 4) is 5.75 Å². The Morgan fingerprint density at radius 2 is 1.87 bits per heavy atom. The van der Waals surface area contributed by atoms with E-state index in [4.69, 9.17) is 27.9 Å². The van der Waals surface area contributed by atoms with E-state index in [9.17, 15) is 10.1 Å². The minimum Gasteiger partial charge on any atom is -0.491 e. The first kappa shape index (κ1) is 17.1. The van der Waals surface area contributed by atoms with Gasteiger partial charge in [-0.3, -0.25) is 15.5 Å². The van der Waals surface area contributed by atoms with E-state index in [0.717, 1.165) is 0 Å². The molecular formula is C15H13Cl2N3O3. The SMILES string of the molecule is CCOc1c(Cl)cc(/C=N/Nc2ccc([N+](=O)[O-])cc2)cc1Cl.